The minimum absolute atomic E-state index is 0.0853. The summed E-state index contributed by atoms with van der Waals surface area (Å²) in [7, 11) is -3.15. The second-order valence-corrected chi connectivity index (χ2v) is 6.92. The van der Waals surface area contributed by atoms with Crippen LogP contribution < -0.4 is 0 Å². The molecule has 3 rings (SSSR count). The van der Waals surface area contributed by atoms with Crippen LogP contribution in [-0.2, 0) is 14.6 Å². The van der Waals surface area contributed by atoms with Crippen molar-refractivity contribution in [3.8, 4) is 0 Å². The van der Waals surface area contributed by atoms with E-state index in [0.29, 0.717) is 5.56 Å². The third kappa shape index (κ3) is 3.20. The molecule has 1 heterocycles. The largest absolute Gasteiger partial charge is 0.365 e. The molecule has 4 nitrogen and oxygen atoms in total. The summed E-state index contributed by atoms with van der Waals surface area (Å²) in [5, 5.41) is 3.20. The molecular weight excluding hydrogens is 288 g/mol. The maximum absolute atomic E-state index is 12.1. The fraction of sp³-hybridized carbons (Fsp3) is 0.188. The average molecular weight is 302 g/mol. The van der Waals surface area contributed by atoms with Gasteiger partial charge >= 0.3 is 0 Å². The molecule has 0 aliphatic carbocycles. The van der Waals surface area contributed by atoms with Crippen molar-refractivity contribution < 1.29 is 17.9 Å². The fourth-order valence-electron chi connectivity index (χ4n) is 2.28. The number of ketones is 1. The van der Waals surface area contributed by atoms with Gasteiger partial charge in [0.1, 0.15) is 6.61 Å². The molecule has 1 unspecified atom stereocenters. The second-order valence-electron chi connectivity index (χ2n) is 4.99. The van der Waals surface area contributed by atoms with Crippen LogP contribution >= 0.6 is 0 Å². The summed E-state index contributed by atoms with van der Waals surface area (Å²) < 4.78 is 27.9. The predicted octanol–water partition coefficient (Wildman–Crippen LogP) is 2.35. The molecule has 108 valence electrons. The first-order valence-corrected chi connectivity index (χ1v) is 8.30. The molecule has 2 aromatic carbocycles. The number of fused-ring (bicyclic) bond motifs is 1. The summed E-state index contributed by atoms with van der Waals surface area (Å²) in [6.45, 7) is -0.122. The standard InChI is InChI=1S/C16H14O4S/c17-16(10-20-15-7-8-21(18,19)11-15)14-6-5-12-3-1-2-4-13(12)9-14/h1-9,15H,10-11H2. The molecule has 0 saturated carbocycles. The summed E-state index contributed by atoms with van der Waals surface area (Å²) in [6.07, 6.45) is 0.947. The van der Waals surface area contributed by atoms with E-state index in [2.05, 4.69) is 0 Å². The van der Waals surface area contributed by atoms with Crippen LogP contribution in [-0.4, -0.2) is 32.7 Å². The van der Waals surface area contributed by atoms with Crippen LogP contribution in [0.25, 0.3) is 10.8 Å². The van der Waals surface area contributed by atoms with E-state index in [0.717, 1.165) is 16.2 Å². The first-order valence-electron chi connectivity index (χ1n) is 6.58. The van der Waals surface area contributed by atoms with Gasteiger partial charge in [0.15, 0.2) is 15.6 Å². The van der Waals surface area contributed by atoms with Gasteiger partial charge in [-0.3, -0.25) is 4.79 Å². The number of sulfone groups is 1. The van der Waals surface area contributed by atoms with Gasteiger partial charge in [0.25, 0.3) is 0 Å². The molecular formula is C16H14O4S. The first kappa shape index (κ1) is 14.0. The van der Waals surface area contributed by atoms with Crippen molar-refractivity contribution in [2.45, 2.75) is 6.10 Å². The summed E-state index contributed by atoms with van der Waals surface area (Å²) in [6, 6.07) is 13.3. The molecule has 1 aliphatic rings. The molecule has 0 aromatic heterocycles. The van der Waals surface area contributed by atoms with Crippen LogP contribution in [0.4, 0.5) is 0 Å². The van der Waals surface area contributed by atoms with Gasteiger partial charge in [0, 0.05) is 11.0 Å². The Morgan fingerprint density at radius 3 is 2.62 bits per heavy atom. The molecule has 5 heteroatoms. The highest BCUT2D eigenvalue weighted by molar-refractivity contribution is 7.94. The predicted molar refractivity (Wildman–Crippen MR) is 80.9 cm³/mol. The number of benzene rings is 2. The molecule has 0 N–H and O–H groups in total. The van der Waals surface area contributed by atoms with Crippen molar-refractivity contribution in [3.63, 3.8) is 0 Å². The molecule has 2 aromatic rings. The lowest BCUT2D eigenvalue weighted by atomic mass is 10.0. The molecule has 0 saturated heterocycles. The van der Waals surface area contributed by atoms with E-state index in [1.165, 1.54) is 6.08 Å². The van der Waals surface area contributed by atoms with Crippen molar-refractivity contribution >= 4 is 26.4 Å². The van der Waals surface area contributed by atoms with Crippen LogP contribution in [0.15, 0.2) is 53.9 Å². The van der Waals surface area contributed by atoms with Gasteiger partial charge in [0.05, 0.1) is 11.9 Å². The van der Waals surface area contributed by atoms with Gasteiger partial charge in [-0.1, -0.05) is 36.4 Å². The van der Waals surface area contributed by atoms with Gasteiger partial charge in [-0.15, -0.1) is 0 Å². The Morgan fingerprint density at radius 1 is 1.14 bits per heavy atom. The van der Waals surface area contributed by atoms with E-state index in [9.17, 15) is 13.2 Å². The highest BCUT2D eigenvalue weighted by Crippen LogP contribution is 2.17. The third-order valence-corrected chi connectivity index (χ3v) is 4.76. The zero-order valence-electron chi connectivity index (χ0n) is 11.2. The van der Waals surface area contributed by atoms with Crippen molar-refractivity contribution in [1.82, 2.24) is 0 Å². The van der Waals surface area contributed by atoms with E-state index in [1.807, 2.05) is 36.4 Å². The summed E-state index contributed by atoms with van der Waals surface area (Å²) >= 11 is 0. The van der Waals surface area contributed by atoms with Crippen molar-refractivity contribution in [3.05, 3.63) is 59.5 Å². The third-order valence-electron chi connectivity index (χ3n) is 3.40. The maximum Gasteiger partial charge on any atom is 0.188 e. The van der Waals surface area contributed by atoms with E-state index >= 15 is 0 Å². The summed E-state index contributed by atoms with van der Waals surface area (Å²) in [5.74, 6) is -0.240. The van der Waals surface area contributed by atoms with Crippen LogP contribution in [0.2, 0.25) is 0 Å². The van der Waals surface area contributed by atoms with Crippen molar-refractivity contribution in [2.75, 3.05) is 12.4 Å². The average Bonchev–Trinajstić information content (AvgIpc) is 2.83. The lowest BCUT2D eigenvalue weighted by Gasteiger charge is -2.08. The van der Waals surface area contributed by atoms with Crippen LogP contribution in [0.1, 0.15) is 10.4 Å². The second kappa shape index (κ2) is 5.42. The SMILES string of the molecule is O=C(COC1C=CS(=O)(=O)C1)c1ccc2ccccc2c1. The Balaban J connectivity index is 1.68. The van der Waals surface area contributed by atoms with Gasteiger partial charge < -0.3 is 4.74 Å². The number of rotatable bonds is 4. The smallest absolute Gasteiger partial charge is 0.188 e. The fourth-order valence-corrected chi connectivity index (χ4v) is 3.47. The van der Waals surface area contributed by atoms with Crippen LogP contribution in [0, 0.1) is 0 Å². The number of carbonyl (C=O) groups excluding carboxylic acids is 1. The molecule has 1 aliphatic heterocycles. The van der Waals surface area contributed by atoms with Crippen LogP contribution in [0.3, 0.4) is 0 Å². The van der Waals surface area contributed by atoms with Gasteiger partial charge in [-0.25, -0.2) is 8.42 Å². The molecule has 0 amide bonds. The zero-order valence-corrected chi connectivity index (χ0v) is 12.0. The van der Waals surface area contributed by atoms with Gasteiger partial charge in [0.2, 0.25) is 0 Å². The van der Waals surface area contributed by atoms with E-state index in [-0.39, 0.29) is 18.1 Å². The monoisotopic (exact) mass is 302 g/mol. The van der Waals surface area contributed by atoms with Crippen molar-refractivity contribution in [1.29, 1.82) is 0 Å². The maximum atomic E-state index is 12.1. The lowest BCUT2D eigenvalue weighted by molar-refractivity contribution is 0.0670. The van der Waals surface area contributed by atoms with E-state index < -0.39 is 15.9 Å². The van der Waals surface area contributed by atoms with Crippen LogP contribution in [0.5, 0.6) is 0 Å². The van der Waals surface area contributed by atoms with Gasteiger partial charge in [-0.2, -0.15) is 0 Å². The molecule has 1 atom stereocenters. The highest BCUT2D eigenvalue weighted by atomic mass is 32.2. The van der Waals surface area contributed by atoms with E-state index in [4.69, 9.17) is 4.74 Å². The topological polar surface area (TPSA) is 60.4 Å². The first-order chi connectivity index (χ1) is 10.0. The Morgan fingerprint density at radius 2 is 1.90 bits per heavy atom. The molecule has 21 heavy (non-hydrogen) atoms. The quantitative estimate of drug-likeness (QED) is 0.813. The summed E-state index contributed by atoms with van der Waals surface area (Å²) in [4.78, 5) is 12.1. The number of Topliss-reactive ketones (excluding diaryl/α,β-unsaturated/α-hetero) is 1. The molecule has 0 spiro atoms. The number of carbonyl (C=O) groups is 1. The lowest BCUT2D eigenvalue weighted by Crippen LogP contribution is -2.20. The Hall–Kier alpha value is -1.98. The van der Waals surface area contributed by atoms with E-state index in [1.54, 1.807) is 6.07 Å². The molecule has 0 radical (unpaired) electrons. The molecule has 0 bridgehead atoms. The van der Waals surface area contributed by atoms with Crippen molar-refractivity contribution in [2.24, 2.45) is 0 Å². The van der Waals surface area contributed by atoms with Gasteiger partial charge in [-0.05, 0) is 22.9 Å². The Labute approximate surface area is 123 Å². The number of hydrogen-bond acceptors (Lipinski definition) is 4. The molecule has 0 fully saturated rings. The summed E-state index contributed by atoms with van der Waals surface area (Å²) in [5.41, 5.74) is 0.568. The minimum Gasteiger partial charge on any atom is -0.365 e. The zero-order chi connectivity index (χ0) is 14.9. The number of ether oxygens (including phenoxy) is 1. The minimum atomic E-state index is -3.15. The normalized spacial score (nSPS) is 19.9. The number of hydrogen-bond donors (Lipinski definition) is 0. The Bertz CT molecular complexity index is 821. The Kier molecular flexibility index (Phi) is 3.61. The highest BCUT2D eigenvalue weighted by Gasteiger charge is 2.23.